The number of benzene rings is 2. The van der Waals surface area contributed by atoms with Crippen LogP contribution in [0.3, 0.4) is 0 Å². The van der Waals surface area contributed by atoms with Gasteiger partial charge in [0.15, 0.2) is 0 Å². The van der Waals surface area contributed by atoms with E-state index in [0.29, 0.717) is 17.6 Å². The summed E-state index contributed by atoms with van der Waals surface area (Å²) >= 11 is 3.51. The van der Waals surface area contributed by atoms with Gasteiger partial charge in [-0.3, -0.25) is 0 Å². The maximum Gasteiger partial charge on any atom is 0.120 e. The number of allylic oxidation sites excluding steroid dienone is 2. The average molecular weight is 342 g/mol. The molecule has 0 saturated carbocycles. The van der Waals surface area contributed by atoms with Gasteiger partial charge in [0.05, 0.1) is 6.04 Å². The van der Waals surface area contributed by atoms with Gasteiger partial charge in [-0.05, 0) is 42.2 Å². The average Bonchev–Trinajstić information content (AvgIpc) is 2.99. The molecule has 2 nitrogen and oxygen atoms in total. The monoisotopic (exact) mass is 341 g/mol. The Kier molecular flexibility index (Phi) is 3.03. The fraction of sp³-hybridized carbons (Fsp3) is 0.222. The van der Waals surface area contributed by atoms with Gasteiger partial charge in [-0.25, -0.2) is 0 Å². The molecule has 0 fully saturated rings. The van der Waals surface area contributed by atoms with Crippen molar-refractivity contribution in [3.8, 4) is 5.75 Å². The van der Waals surface area contributed by atoms with Crippen LogP contribution in [-0.2, 0) is 0 Å². The highest BCUT2D eigenvalue weighted by Gasteiger charge is 2.38. The summed E-state index contributed by atoms with van der Waals surface area (Å²) in [5.41, 5.74) is 3.51. The first-order valence-corrected chi connectivity index (χ1v) is 8.04. The van der Waals surface area contributed by atoms with Crippen LogP contribution in [0.25, 0.3) is 0 Å². The molecular formula is C18H16BrNO. The summed E-state index contributed by atoms with van der Waals surface area (Å²) in [4.78, 5) is 0. The molecule has 2 aromatic carbocycles. The van der Waals surface area contributed by atoms with E-state index in [9.17, 15) is 5.11 Å². The number of aromatic hydroxyl groups is 1. The number of anilines is 1. The van der Waals surface area contributed by atoms with Gasteiger partial charge in [0.2, 0.25) is 0 Å². The predicted molar refractivity (Wildman–Crippen MR) is 88.6 cm³/mol. The zero-order valence-corrected chi connectivity index (χ0v) is 13.0. The second-order valence-corrected chi connectivity index (χ2v) is 6.68. The zero-order valence-electron chi connectivity index (χ0n) is 11.5. The van der Waals surface area contributed by atoms with Gasteiger partial charge in [-0.15, -0.1) is 0 Å². The highest BCUT2D eigenvalue weighted by Crippen LogP contribution is 2.51. The smallest absolute Gasteiger partial charge is 0.120 e. The summed E-state index contributed by atoms with van der Waals surface area (Å²) in [7, 11) is 0. The number of para-hydroxylation sites is 1. The summed E-state index contributed by atoms with van der Waals surface area (Å²) in [6, 6.07) is 14.3. The third kappa shape index (κ3) is 2.07. The Morgan fingerprint density at radius 1 is 1.10 bits per heavy atom. The molecule has 2 aliphatic rings. The summed E-state index contributed by atoms with van der Waals surface area (Å²) in [6.07, 6.45) is 5.62. The molecule has 4 rings (SSSR count). The SMILES string of the molecule is Oc1ccc(Br)cc1C1Nc2ccccc2C2C=CCC21. The van der Waals surface area contributed by atoms with E-state index in [1.807, 2.05) is 12.1 Å². The van der Waals surface area contributed by atoms with Crippen LogP contribution >= 0.6 is 15.9 Å². The number of phenols is 1. The number of hydrogen-bond acceptors (Lipinski definition) is 2. The molecule has 0 bridgehead atoms. The maximum absolute atomic E-state index is 10.3. The summed E-state index contributed by atoms with van der Waals surface area (Å²) in [5.74, 6) is 1.26. The lowest BCUT2D eigenvalue weighted by Gasteiger charge is -2.37. The van der Waals surface area contributed by atoms with Crippen molar-refractivity contribution >= 4 is 21.6 Å². The highest BCUT2D eigenvalue weighted by atomic mass is 79.9. The molecule has 3 atom stereocenters. The third-order valence-electron chi connectivity index (χ3n) is 4.60. The molecule has 106 valence electrons. The molecule has 0 saturated heterocycles. The van der Waals surface area contributed by atoms with Crippen molar-refractivity contribution in [1.82, 2.24) is 0 Å². The molecule has 2 aromatic rings. The first-order valence-electron chi connectivity index (χ1n) is 7.24. The summed E-state index contributed by atoms with van der Waals surface area (Å²) in [5, 5.41) is 13.9. The molecule has 1 aliphatic carbocycles. The minimum Gasteiger partial charge on any atom is -0.508 e. The quantitative estimate of drug-likeness (QED) is 0.717. The van der Waals surface area contributed by atoms with Crippen LogP contribution in [0.1, 0.15) is 29.5 Å². The normalized spacial score (nSPS) is 26.0. The maximum atomic E-state index is 10.3. The molecule has 2 N–H and O–H groups in total. The van der Waals surface area contributed by atoms with Crippen LogP contribution in [0.15, 0.2) is 59.1 Å². The van der Waals surface area contributed by atoms with Gasteiger partial charge >= 0.3 is 0 Å². The number of fused-ring (bicyclic) bond motifs is 3. The van der Waals surface area contributed by atoms with E-state index >= 15 is 0 Å². The van der Waals surface area contributed by atoms with Crippen molar-refractivity contribution in [2.75, 3.05) is 5.32 Å². The van der Waals surface area contributed by atoms with E-state index in [4.69, 9.17) is 0 Å². The van der Waals surface area contributed by atoms with Crippen molar-refractivity contribution in [2.24, 2.45) is 5.92 Å². The van der Waals surface area contributed by atoms with Crippen LogP contribution in [0.4, 0.5) is 5.69 Å². The van der Waals surface area contributed by atoms with Crippen molar-refractivity contribution in [2.45, 2.75) is 18.4 Å². The third-order valence-corrected chi connectivity index (χ3v) is 5.09. The largest absolute Gasteiger partial charge is 0.508 e. The predicted octanol–water partition coefficient (Wildman–Crippen LogP) is 4.98. The molecule has 3 heteroatoms. The van der Waals surface area contributed by atoms with E-state index in [0.717, 1.165) is 16.5 Å². The fourth-order valence-electron chi connectivity index (χ4n) is 3.63. The Balaban J connectivity index is 1.83. The number of hydrogen-bond donors (Lipinski definition) is 2. The molecule has 0 amide bonds. The molecular weight excluding hydrogens is 326 g/mol. The number of nitrogens with one attached hydrogen (secondary N) is 1. The van der Waals surface area contributed by atoms with Gasteiger partial charge in [-0.2, -0.15) is 0 Å². The van der Waals surface area contributed by atoms with E-state index in [1.165, 1.54) is 11.3 Å². The van der Waals surface area contributed by atoms with E-state index in [1.54, 1.807) is 6.07 Å². The van der Waals surface area contributed by atoms with Gasteiger partial charge < -0.3 is 10.4 Å². The molecule has 1 heterocycles. The Hall–Kier alpha value is -1.74. The second kappa shape index (κ2) is 4.92. The second-order valence-electron chi connectivity index (χ2n) is 5.77. The Bertz CT molecular complexity index is 725. The van der Waals surface area contributed by atoms with Gasteiger partial charge in [0.1, 0.15) is 5.75 Å². The van der Waals surface area contributed by atoms with Gasteiger partial charge in [-0.1, -0.05) is 46.3 Å². The Morgan fingerprint density at radius 3 is 2.86 bits per heavy atom. The van der Waals surface area contributed by atoms with Crippen LogP contribution in [0.5, 0.6) is 5.75 Å². The minimum absolute atomic E-state index is 0.136. The lowest BCUT2D eigenvalue weighted by molar-refractivity contribution is 0.402. The molecule has 3 unspecified atom stereocenters. The Morgan fingerprint density at radius 2 is 1.95 bits per heavy atom. The summed E-state index contributed by atoms with van der Waals surface area (Å²) in [6.45, 7) is 0. The fourth-order valence-corrected chi connectivity index (χ4v) is 4.00. The standard InChI is InChI=1S/C18H16BrNO/c19-11-8-9-17(21)15(10-11)18-14-6-3-5-12(14)13-4-1-2-7-16(13)20-18/h1-5,7-10,12,14,18,20-21H,6H2. The van der Waals surface area contributed by atoms with E-state index in [2.05, 4.69) is 57.7 Å². The van der Waals surface area contributed by atoms with Gasteiger partial charge in [0.25, 0.3) is 0 Å². The lowest BCUT2D eigenvalue weighted by atomic mass is 9.77. The van der Waals surface area contributed by atoms with Crippen LogP contribution in [0, 0.1) is 5.92 Å². The van der Waals surface area contributed by atoms with Crippen molar-refractivity contribution in [3.63, 3.8) is 0 Å². The zero-order chi connectivity index (χ0) is 14.4. The number of phenolic OH excluding ortho intramolecular Hbond substituents is 1. The van der Waals surface area contributed by atoms with Crippen LogP contribution in [-0.4, -0.2) is 5.11 Å². The van der Waals surface area contributed by atoms with Crippen molar-refractivity contribution in [3.05, 3.63) is 70.2 Å². The van der Waals surface area contributed by atoms with Crippen molar-refractivity contribution < 1.29 is 5.11 Å². The van der Waals surface area contributed by atoms with Crippen molar-refractivity contribution in [1.29, 1.82) is 0 Å². The molecule has 0 radical (unpaired) electrons. The van der Waals surface area contributed by atoms with Crippen LogP contribution < -0.4 is 5.32 Å². The van der Waals surface area contributed by atoms with Crippen LogP contribution in [0.2, 0.25) is 0 Å². The first kappa shape index (κ1) is 13.0. The topological polar surface area (TPSA) is 32.3 Å². The number of rotatable bonds is 1. The molecule has 0 spiro atoms. The lowest BCUT2D eigenvalue weighted by Crippen LogP contribution is -2.29. The first-order chi connectivity index (χ1) is 10.2. The van der Waals surface area contributed by atoms with E-state index in [-0.39, 0.29) is 6.04 Å². The van der Waals surface area contributed by atoms with E-state index < -0.39 is 0 Å². The minimum atomic E-state index is 0.136. The summed E-state index contributed by atoms with van der Waals surface area (Å²) < 4.78 is 0.999. The highest BCUT2D eigenvalue weighted by molar-refractivity contribution is 9.10. The Labute approximate surface area is 132 Å². The van der Waals surface area contributed by atoms with Gasteiger partial charge in [0, 0.05) is 21.6 Å². The molecule has 0 aromatic heterocycles. The number of halogens is 1. The molecule has 21 heavy (non-hydrogen) atoms. The molecule has 1 aliphatic heterocycles.